The summed E-state index contributed by atoms with van der Waals surface area (Å²) in [5.74, 6) is 0.844. The number of fused-ring (bicyclic) bond motifs is 1. The van der Waals surface area contributed by atoms with Gasteiger partial charge in [-0.1, -0.05) is 12.1 Å². The summed E-state index contributed by atoms with van der Waals surface area (Å²) in [4.78, 5) is 12.8. The smallest absolute Gasteiger partial charge is 0.291 e. The van der Waals surface area contributed by atoms with Gasteiger partial charge in [-0.15, -0.1) is 0 Å². The first kappa shape index (κ1) is 18.1. The van der Waals surface area contributed by atoms with Crippen LogP contribution in [0.3, 0.4) is 0 Å². The van der Waals surface area contributed by atoms with E-state index in [1.165, 1.54) is 0 Å². The highest BCUT2D eigenvalue weighted by atomic mass is 32.1. The summed E-state index contributed by atoms with van der Waals surface area (Å²) in [6.45, 7) is 5.83. The van der Waals surface area contributed by atoms with E-state index in [9.17, 15) is 4.79 Å². The van der Waals surface area contributed by atoms with Crippen LogP contribution in [0.5, 0.6) is 0 Å². The lowest BCUT2D eigenvalue weighted by Gasteiger charge is -2.13. The molecule has 4 N–H and O–H groups in total. The number of furan rings is 1. The van der Waals surface area contributed by atoms with Gasteiger partial charge < -0.3 is 15.5 Å². The van der Waals surface area contributed by atoms with Crippen LogP contribution in [0.1, 0.15) is 51.4 Å². The van der Waals surface area contributed by atoms with Crippen LogP contribution < -0.4 is 16.5 Å². The summed E-state index contributed by atoms with van der Waals surface area (Å²) in [6.07, 6.45) is 2.45. The zero-order chi connectivity index (χ0) is 18.8. The first-order valence-electron chi connectivity index (χ1n) is 8.50. The Morgan fingerprint density at radius 1 is 1.27 bits per heavy atom. The second-order valence-corrected chi connectivity index (χ2v) is 6.95. The number of carbonyl (C=O) groups excluding carboxylic acids is 1. The van der Waals surface area contributed by atoms with Gasteiger partial charge in [0.25, 0.3) is 5.91 Å². The highest BCUT2D eigenvalue weighted by Gasteiger charge is 2.28. The Labute approximate surface area is 157 Å². The molecule has 1 aliphatic rings. The van der Waals surface area contributed by atoms with Gasteiger partial charge in [0.2, 0.25) is 0 Å². The maximum absolute atomic E-state index is 12.8. The quantitative estimate of drug-likeness (QED) is 0.569. The van der Waals surface area contributed by atoms with Gasteiger partial charge in [0.1, 0.15) is 5.76 Å². The number of nitrogens with zero attached hydrogens (tertiary/aromatic N) is 1. The molecule has 7 heteroatoms. The predicted molar refractivity (Wildman–Crippen MR) is 107 cm³/mol. The van der Waals surface area contributed by atoms with Crippen LogP contribution in [0.4, 0.5) is 5.69 Å². The SMILES string of the molecule is Cc1ccc(C)c(NC(=O)c2oc3c(c2C)/C(=N/NC(N)=S)CCC3)c1. The Hall–Kier alpha value is -2.67. The van der Waals surface area contributed by atoms with E-state index in [0.717, 1.165) is 58.7 Å². The van der Waals surface area contributed by atoms with E-state index in [1.54, 1.807) is 0 Å². The molecule has 136 valence electrons. The minimum atomic E-state index is -0.257. The van der Waals surface area contributed by atoms with Gasteiger partial charge in [-0.05, 0) is 63.0 Å². The molecule has 0 atom stereocenters. The highest BCUT2D eigenvalue weighted by molar-refractivity contribution is 7.80. The third kappa shape index (κ3) is 3.62. The Balaban J connectivity index is 1.92. The number of hydrogen-bond acceptors (Lipinski definition) is 4. The minimum absolute atomic E-state index is 0.110. The van der Waals surface area contributed by atoms with E-state index < -0.39 is 0 Å². The molecule has 1 aromatic heterocycles. The van der Waals surface area contributed by atoms with Crippen molar-refractivity contribution in [3.05, 3.63) is 52.0 Å². The number of nitrogens with one attached hydrogen (secondary N) is 2. The number of amides is 1. The van der Waals surface area contributed by atoms with E-state index in [1.807, 2.05) is 39.0 Å². The number of hydrazone groups is 1. The van der Waals surface area contributed by atoms with Crippen molar-refractivity contribution in [3.63, 3.8) is 0 Å². The number of benzene rings is 1. The average molecular weight is 370 g/mol. The number of aryl methyl sites for hydroxylation is 3. The highest BCUT2D eigenvalue weighted by Crippen LogP contribution is 2.30. The number of anilines is 1. The fraction of sp³-hybridized carbons (Fsp3) is 0.316. The predicted octanol–water partition coefficient (Wildman–Crippen LogP) is 3.33. The molecule has 1 heterocycles. The second-order valence-electron chi connectivity index (χ2n) is 6.51. The van der Waals surface area contributed by atoms with Crippen LogP contribution in [-0.4, -0.2) is 16.7 Å². The standard InChI is InChI=1S/C19H22N4O2S/c1-10-7-8-11(2)14(9-10)21-18(24)17-12(3)16-13(22-23-19(20)26)5-4-6-15(16)25-17/h7-9H,4-6H2,1-3H3,(H,21,24)(H3,20,23,26)/b22-13+. The van der Waals surface area contributed by atoms with Gasteiger partial charge >= 0.3 is 0 Å². The van der Waals surface area contributed by atoms with Gasteiger partial charge in [0.05, 0.1) is 5.71 Å². The third-order valence-corrected chi connectivity index (χ3v) is 4.57. The van der Waals surface area contributed by atoms with Gasteiger partial charge in [-0.2, -0.15) is 5.10 Å². The first-order valence-corrected chi connectivity index (χ1v) is 8.91. The number of carbonyl (C=O) groups is 1. The number of thiocarbonyl (C=S) groups is 1. The molecule has 1 aliphatic carbocycles. The van der Waals surface area contributed by atoms with Crippen LogP contribution in [-0.2, 0) is 6.42 Å². The first-order chi connectivity index (χ1) is 12.4. The molecule has 0 bridgehead atoms. The van der Waals surface area contributed by atoms with Crippen molar-refractivity contribution >= 4 is 34.6 Å². The third-order valence-electron chi connectivity index (χ3n) is 4.47. The van der Waals surface area contributed by atoms with Crippen molar-refractivity contribution in [2.45, 2.75) is 40.0 Å². The van der Waals surface area contributed by atoms with Gasteiger partial charge in [0.15, 0.2) is 10.9 Å². The molecular weight excluding hydrogens is 348 g/mol. The molecule has 6 nitrogen and oxygen atoms in total. The summed E-state index contributed by atoms with van der Waals surface area (Å²) in [6, 6.07) is 5.95. The fourth-order valence-electron chi connectivity index (χ4n) is 3.17. The molecule has 0 spiro atoms. The molecule has 0 aliphatic heterocycles. The van der Waals surface area contributed by atoms with Crippen LogP contribution in [0.25, 0.3) is 0 Å². The Kier molecular flexibility index (Phi) is 5.08. The molecular formula is C19H22N4O2S. The lowest BCUT2D eigenvalue weighted by Crippen LogP contribution is -2.26. The Bertz CT molecular complexity index is 915. The maximum atomic E-state index is 12.8. The Morgan fingerprint density at radius 3 is 2.77 bits per heavy atom. The van der Waals surface area contributed by atoms with Crippen molar-refractivity contribution < 1.29 is 9.21 Å². The molecule has 0 saturated heterocycles. The van der Waals surface area contributed by atoms with Crippen LogP contribution >= 0.6 is 12.2 Å². The maximum Gasteiger partial charge on any atom is 0.291 e. The van der Waals surface area contributed by atoms with Crippen molar-refractivity contribution in [2.75, 3.05) is 5.32 Å². The van der Waals surface area contributed by atoms with E-state index in [0.29, 0.717) is 5.76 Å². The summed E-state index contributed by atoms with van der Waals surface area (Å²) in [7, 11) is 0. The molecule has 0 unspecified atom stereocenters. The largest absolute Gasteiger partial charge is 0.455 e. The van der Waals surface area contributed by atoms with Crippen molar-refractivity contribution in [1.29, 1.82) is 0 Å². The van der Waals surface area contributed by atoms with Crippen molar-refractivity contribution in [1.82, 2.24) is 5.43 Å². The van der Waals surface area contributed by atoms with Crippen molar-refractivity contribution in [3.8, 4) is 0 Å². The van der Waals surface area contributed by atoms with Gasteiger partial charge in [0, 0.05) is 23.2 Å². The molecule has 2 aromatic rings. The number of hydrogen-bond donors (Lipinski definition) is 3. The van der Waals surface area contributed by atoms with Gasteiger partial charge in [-0.25, -0.2) is 0 Å². The van der Waals surface area contributed by atoms with Crippen LogP contribution in [0.2, 0.25) is 0 Å². The van der Waals surface area contributed by atoms with Crippen molar-refractivity contribution in [2.24, 2.45) is 10.8 Å². The summed E-state index contributed by atoms with van der Waals surface area (Å²) in [5, 5.41) is 7.34. The van der Waals surface area contributed by atoms with E-state index in [2.05, 4.69) is 15.8 Å². The summed E-state index contributed by atoms with van der Waals surface area (Å²) >= 11 is 4.81. The van der Waals surface area contributed by atoms with Crippen LogP contribution in [0, 0.1) is 20.8 Å². The summed E-state index contributed by atoms with van der Waals surface area (Å²) < 4.78 is 5.89. The van der Waals surface area contributed by atoms with E-state index >= 15 is 0 Å². The van der Waals surface area contributed by atoms with E-state index in [-0.39, 0.29) is 11.0 Å². The second kappa shape index (κ2) is 7.29. The Morgan fingerprint density at radius 2 is 2.04 bits per heavy atom. The average Bonchev–Trinajstić information content (AvgIpc) is 2.94. The summed E-state index contributed by atoms with van der Waals surface area (Å²) in [5.41, 5.74) is 13.4. The zero-order valence-corrected chi connectivity index (χ0v) is 15.9. The molecule has 0 saturated carbocycles. The van der Waals surface area contributed by atoms with Crippen LogP contribution in [0.15, 0.2) is 27.7 Å². The molecule has 1 amide bonds. The van der Waals surface area contributed by atoms with E-state index in [4.69, 9.17) is 22.4 Å². The minimum Gasteiger partial charge on any atom is -0.455 e. The number of nitrogens with two attached hydrogens (primary N) is 1. The topological polar surface area (TPSA) is 92.6 Å². The molecule has 26 heavy (non-hydrogen) atoms. The zero-order valence-electron chi connectivity index (χ0n) is 15.1. The molecule has 0 radical (unpaired) electrons. The normalized spacial score (nSPS) is 14.8. The lowest BCUT2D eigenvalue weighted by atomic mass is 9.93. The molecule has 0 fully saturated rings. The molecule has 1 aromatic carbocycles. The van der Waals surface area contributed by atoms with Gasteiger partial charge in [-0.3, -0.25) is 10.2 Å². The lowest BCUT2D eigenvalue weighted by molar-refractivity contribution is 0.0994. The molecule has 3 rings (SSSR count). The monoisotopic (exact) mass is 370 g/mol. The number of rotatable bonds is 3. The fourth-order valence-corrected chi connectivity index (χ4v) is 3.21.